The molecule has 124 valence electrons. The average Bonchev–Trinajstić information content (AvgIpc) is 2.54. The van der Waals surface area contributed by atoms with E-state index in [0.717, 1.165) is 36.4 Å². The molecule has 0 fully saturated rings. The SMILES string of the molecule is COc1cc(F)cc([N+](=O)[O-])c1.[C-]#[N+]c1cc(F)cc([N+](=O)[O-])c1. The second kappa shape index (κ2) is 8.14. The van der Waals surface area contributed by atoms with Crippen LogP contribution in [0.25, 0.3) is 4.85 Å². The molecule has 0 bridgehead atoms. The van der Waals surface area contributed by atoms with Gasteiger partial charge in [-0.05, 0) is 6.07 Å². The summed E-state index contributed by atoms with van der Waals surface area (Å²) in [4.78, 5) is 21.8. The van der Waals surface area contributed by atoms with Gasteiger partial charge < -0.3 is 4.74 Å². The molecule has 0 saturated carbocycles. The van der Waals surface area contributed by atoms with Gasteiger partial charge in [0.2, 0.25) is 0 Å². The van der Waals surface area contributed by atoms with E-state index in [1.165, 1.54) is 7.11 Å². The van der Waals surface area contributed by atoms with Crippen LogP contribution in [0.15, 0.2) is 36.4 Å². The Morgan fingerprint density at radius 3 is 1.92 bits per heavy atom. The third-order valence-corrected chi connectivity index (χ3v) is 2.51. The van der Waals surface area contributed by atoms with Crippen LogP contribution in [0.5, 0.6) is 5.75 Å². The molecule has 0 radical (unpaired) electrons. The number of ether oxygens (including phenoxy) is 1. The lowest BCUT2D eigenvalue weighted by Crippen LogP contribution is -1.91. The quantitative estimate of drug-likeness (QED) is 0.478. The summed E-state index contributed by atoms with van der Waals surface area (Å²) in [5.41, 5.74) is -0.783. The molecule has 10 heteroatoms. The number of rotatable bonds is 3. The molecule has 8 nitrogen and oxygen atoms in total. The Bertz CT molecular complexity index is 821. The van der Waals surface area contributed by atoms with Gasteiger partial charge >= 0.3 is 0 Å². The minimum absolute atomic E-state index is 0.0679. The van der Waals surface area contributed by atoms with Crippen LogP contribution in [-0.2, 0) is 0 Å². The van der Waals surface area contributed by atoms with Gasteiger partial charge in [-0.3, -0.25) is 20.2 Å². The number of hydrogen-bond acceptors (Lipinski definition) is 5. The molecule has 2 rings (SSSR count). The fourth-order valence-corrected chi connectivity index (χ4v) is 1.50. The van der Waals surface area contributed by atoms with Gasteiger partial charge in [-0.15, -0.1) is 0 Å². The highest BCUT2D eigenvalue weighted by molar-refractivity contribution is 5.52. The monoisotopic (exact) mass is 337 g/mol. The van der Waals surface area contributed by atoms with Crippen molar-refractivity contribution in [3.8, 4) is 5.75 Å². The lowest BCUT2D eigenvalue weighted by Gasteiger charge is -1.98. The maximum atomic E-state index is 12.6. The van der Waals surface area contributed by atoms with Crippen LogP contribution in [0.2, 0.25) is 0 Å². The molecular formula is C14H9F2N3O5. The van der Waals surface area contributed by atoms with E-state index in [2.05, 4.69) is 9.58 Å². The zero-order valence-corrected chi connectivity index (χ0v) is 12.1. The normalized spacial score (nSPS) is 9.25. The summed E-state index contributed by atoms with van der Waals surface area (Å²) < 4.78 is 29.8. The van der Waals surface area contributed by atoms with E-state index >= 15 is 0 Å². The number of nitro groups is 2. The molecule has 0 N–H and O–H groups in total. The van der Waals surface area contributed by atoms with Gasteiger partial charge in [0, 0.05) is 18.2 Å². The lowest BCUT2D eigenvalue weighted by atomic mass is 10.3. The Morgan fingerprint density at radius 2 is 1.46 bits per heavy atom. The Hall–Kier alpha value is -3.61. The summed E-state index contributed by atoms with van der Waals surface area (Å²) in [5.74, 6) is -1.31. The summed E-state index contributed by atoms with van der Waals surface area (Å²) >= 11 is 0. The van der Waals surface area contributed by atoms with Crippen LogP contribution >= 0.6 is 0 Å². The minimum Gasteiger partial charge on any atom is -0.496 e. The molecule has 0 amide bonds. The lowest BCUT2D eigenvalue weighted by molar-refractivity contribution is -0.385. The molecule has 0 heterocycles. The van der Waals surface area contributed by atoms with Crippen molar-refractivity contribution in [2.45, 2.75) is 0 Å². The van der Waals surface area contributed by atoms with Crippen molar-refractivity contribution in [3.05, 3.63) is 79.7 Å². The molecule has 0 spiro atoms. The van der Waals surface area contributed by atoms with Gasteiger partial charge in [0.25, 0.3) is 11.4 Å². The number of non-ortho nitro benzene ring substituents is 2. The predicted octanol–water partition coefficient (Wildman–Crippen LogP) is 4.03. The molecule has 0 aromatic heterocycles. The molecule has 2 aromatic rings. The average molecular weight is 337 g/mol. The van der Waals surface area contributed by atoms with Crippen LogP contribution in [-0.4, -0.2) is 17.0 Å². The van der Waals surface area contributed by atoms with E-state index in [4.69, 9.17) is 6.57 Å². The minimum atomic E-state index is -0.768. The van der Waals surface area contributed by atoms with Crippen molar-refractivity contribution in [2.24, 2.45) is 0 Å². The number of nitrogens with zero attached hydrogens (tertiary/aromatic N) is 3. The summed E-state index contributed by atoms with van der Waals surface area (Å²) in [5, 5.41) is 20.4. The zero-order chi connectivity index (χ0) is 18.3. The number of methoxy groups -OCH3 is 1. The number of halogens is 2. The standard InChI is InChI=1S/C7H3FN2O2.C7H6FNO3/c1-9-6-2-5(8)3-7(4-6)10(11)12;1-12-7-3-5(8)2-6(4-7)9(10)11/h2-4H;2-4H,1H3. The van der Waals surface area contributed by atoms with Crippen molar-refractivity contribution >= 4 is 17.1 Å². The second-order valence-corrected chi connectivity index (χ2v) is 4.14. The highest BCUT2D eigenvalue weighted by atomic mass is 19.1. The molecule has 0 aliphatic rings. The van der Waals surface area contributed by atoms with Gasteiger partial charge in [0.1, 0.15) is 17.4 Å². The van der Waals surface area contributed by atoms with Crippen molar-refractivity contribution in [1.82, 2.24) is 0 Å². The fraction of sp³-hybridized carbons (Fsp3) is 0.0714. The highest BCUT2D eigenvalue weighted by Gasteiger charge is 2.09. The van der Waals surface area contributed by atoms with Crippen LogP contribution in [0, 0.1) is 38.4 Å². The zero-order valence-electron chi connectivity index (χ0n) is 12.1. The first-order valence-electron chi connectivity index (χ1n) is 6.08. The van der Waals surface area contributed by atoms with Crippen molar-refractivity contribution < 1.29 is 23.4 Å². The van der Waals surface area contributed by atoms with Gasteiger partial charge in [0.15, 0.2) is 5.69 Å². The molecule has 0 atom stereocenters. The van der Waals surface area contributed by atoms with Gasteiger partial charge in [-0.25, -0.2) is 13.6 Å². The molecule has 2 aromatic carbocycles. The van der Waals surface area contributed by atoms with Crippen LogP contribution < -0.4 is 4.74 Å². The van der Waals surface area contributed by atoms with E-state index in [0.29, 0.717) is 0 Å². The van der Waals surface area contributed by atoms with E-state index in [-0.39, 0.29) is 17.1 Å². The number of hydrogen-bond donors (Lipinski definition) is 0. The highest BCUT2D eigenvalue weighted by Crippen LogP contribution is 2.22. The first-order chi connectivity index (χ1) is 11.3. The smallest absolute Gasteiger partial charge is 0.276 e. The third kappa shape index (κ3) is 5.30. The summed E-state index contributed by atoms with van der Waals surface area (Å²) in [6, 6.07) is 5.81. The Labute approximate surface area is 134 Å². The van der Waals surface area contributed by atoms with E-state index in [1.807, 2.05) is 0 Å². The maximum Gasteiger partial charge on any atom is 0.276 e. The first-order valence-corrected chi connectivity index (χ1v) is 6.08. The fourth-order valence-electron chi connectivity index (χ4n) is 1.50. The number of nitro benzene ring substituents is 2. The van der Waals surface area contributed by atoms with Crippen LogP contribution in [0.4, 0.5) is 25.8 Å². The molecule has 24 heavy (non-hydrogen) atoms. The van der Waals surface area contributed by atoms with E-state index in [1.54, 1.807) is 0 Å². The Morgan fingerprint density at radius 1 is 0.958 bits per heavy atom. The predicted molar refractivity (Wildman–Crippen MR) is 78.9 cm³/mol. The number of benzene rings is 2. The summed E-state index contributed by atoms with van der Waals surface area (Å²) in [6.07, 6.45) is 0. The summed E-state index contributed by atoms with van der Waals surface area (Å²) in [6.45, 7) is 6.51. The molecule has 0 aliphatic heterocycles. The van der Waals surface area contributed by atoms with Crippen LogP contribution in [0.3, 0.4) is 0 Å². The molecule has 0 unspecified atom stereocenters. The Kier molecular flexibility index (Phi) is 6.25. The van der Waals surface area contributed by atoms with Gasteiger partial charge in [0.05, 0.1) is 35.7 Å². The van der Waals surface area contributed by atoms with Gasteiger partial charge in [-0.1, -0.05) is 0 Å². The van der Waals surface area contributed by atoms with E-state index < -0.39 is 27.2 Å². The Balaban J connectivity index is 0.000000240. The maximum absolute atomic E-state index is 12.6. The molecule has 0 aliphatic carbocycles. The largest absolute Gasteiger partial charge is 0.496 e. The first kappa shape index (κ1) is 18.4. The topological polar surface area (TPSA) is 99.9 Å². The third-order valence-electron chi connectivity index (χ3n) is 2.51. The molecular weight excluding hydrogens is 328 g/mol. The van der Waals surface area contributed by atoms with Crippen molar-refractivity contribution in [3.63, 3.8) is 0 Å². The molecule has 0 saturated heterocycles. The van der Waals surface area contributed by atoms with Gasteiger partial charge in [-0.2, -0.15) is 0 Å². The van der Waals surface area contributed by atoms with Crippen molar-refractivity contribution in [2.75, 3.05) is 7.11 Å². The second-order valence-electron chi connectivity index (χ2n) is 4.14. The van der Waals surface area contributed by atoms with E-state index in [9.17, 15) is 29.0 Å². The van der Waals surface area contributed by atoms with Crippen molar-refractivity contribution in [1.29, 1.82) is 0 Å². The summed E-state index contributed by atoms with van der Waals surface area (Å²) in [7, 11) is 1.32. The van der Waals surface area contributed by atoms with Crippen LogP contribution in [0.1, 0.15) is 0 Å².